The van der Waals surface area contributed by atoms with Crippen molar-refractivity contribution in [2.24, 2.45) is 0 Å². The third kappa shape index (κ3) is 1.79. The molecule has 15 heavy (non-hydrogen) atoms. The van der Waals surface area contributed by atoms with E-state index in [0.29, 0.717) is 5.95 Å². The van der Waals surface area contributed by atoms with E-state index < -0.39 is 0 Å². The molecule has 0 fully saturated rings. The van der Waals surface area contributed by atoms with Gasteiger partial charge in [0.05, 0.1) is 19.0 Å². The molecule has 2 aromatic rings. The Hall–Kier alpha value is -1.97. The molecule has 0 aliphatic carbocycles. The summed E-state index contributed by atoms with van der Waals surface area (Å²) in [5.74, 6) is 1.28. The summed E-state index contributed by atoms with van der Waals surface area (Å²) >= 11 is 0. The number of aromatic amines is 1. The number of methoxy groups -OCH3 is 1. The van der Waals surface area contributed by atoms with E-state index >= 15 is 0 Å². The Morgan fingerprint density at radius 3 is 2.80 bits per heavy atom. The van der Waals surface area contributed by atoms with Gasteiger partial charge in [0, 0.05) is 5.56 Å². The van der Waals surface area contributed by atoms with E-state index in [-0.39, 0.29) is 0 Å². The van der Waals surface area contributed by atoms with Gasteiger partial charge in [-0.15, -0.1) is 0 Å². The summed E-state index contributed by atoms with van der Waals surface area (Å²) in [7, 11) is 1.66. The van der Waals surface area contributed by atoms with E-state index in [0.717, 1.165) is 22.6 Å². The first-order valence-corrected chi connectivity index (χ1v) is 4.66. The van der Waals surface area contributed by atoms with Crippen LogP contribution < -0.4 is 10.5 Å². The summed E-state index contributed by atoms with van der Waals surface area (Å²) < 4.78 is 5.25. The fourth-order valence-electron chi connectivity index (χ4n) is 1.47. The molecule has 2 rings (SSSR count). The first kappa shape index (κ1) is 9.58. The monoisotopic (exact) mass is 203 g/mol. The van der Waals surface area contributed by atoms with E-state index in [1.165, 1.54) is 0 Å². The number of nitrogens with one attached hydrogen (secondary N) is 1. The van der Waals surface area contributed by atoms with Crippen LogP contribution in [-0.2, 0) is 0 Å². The van der Waals surface area contributed by atoms with Gasteiger partial charge < -0.3 is 15.5 Å². The summed E-state index contributed by atoms with van der Waals surface area (Å²) in [5.41, 5.74) is 8.53. The highest BCUT2D eigenvalue weighted by molar-refractivity contribution is 5.63. The van der Waals surface area contributed by atoms with Gasteiger partial charge in [-0.2, -0.15) is 0 Å². The number of nitrogen functional groups attached to an aromatic ring is 1. The third-order valence-electron chi connectivity index (χ3n) is 2.31. The van der Waals surface area contributed by atoms with Crippen LogP contribution in [0.5, 0.6) is 5.75 Å². The zero-order chi connectivity index (χ0) is 10.8. The molecular weight excluding hydrogens is 190 g/mol. The number of ether oxygens (including phenoxy) is 1. The Kier molecular flexibility index (Phi) is 2.33. The standard InChI is InChI=1S/C11H13N3O/c1-7-3-4-8(5-10(7)15-2)9-6-13-11(12)14-9/h3-6H,1-2H3,(H3,12,13,14). The lowest BCUT2D eigenvalue weighted by molar-refractivity contribution is 0.412. The van der Waals surface area contributed by atoms with Crippen molar-refractivity contribution in [2.75, 3.05) is 12.8 Å². The fraction of sp³-hybridized carbons (Fsp3) is 0.182. The van der Waals surface area contributed by atoms with Crippen LogP contribution in [0.3, 0.4) is 0 Å². The fourth-order valence-corrected chi connectivity index (χ4v) is 1.47. The molecule has 0 atom stereocenters. The lowest BCUT2D eigenvalue weighted by Crippen LogP contribution is -1.89. The first-order chi connectivity index (χ1) is 7.20. The molecule has 0 aliphatic rings. The van der Waals surface area contributed by atoms with Gasteiger partial charge in [0.1, 0.15) is 5.75 Å². The minimum Gasteiger partial charge on any atom is -0.496 e. The Labute approximate surface area is 88.1 Å². The van der Waals surface area contributed by atoms with Crippen LogP contribution in [0, 0.1) is 6.92 Å². The minimum atomic E-state index is 0.421. The summed E-state index contributed by atoms with van der Waals surface area (Å²) in [6.45, 7) is 2.00. The van der Waals surface area contributed by atoms with Crippen LogP contribution in [0.25, 0.3) is 11.3 Å². The lowest BCUT2D eigenvalue weighted by atomic mass is 10.1. The van der Waals surface area contributed by atoms with Crippen molar-refractivity contribution in [3.63, 3.8) is 0 Å². The van der Waals surface area contributed by atoms with Gasteiger partial charge in [-0.1, -0.05) is 12.1 Å². The predicted octanol–water partition coefficient (Wildman–Crippen LogP) is 1.98. The zero-order valence-corrected chi connectivity index (χ0v) is 8.74. The molecule has 0 radical (unpaired) electrons. The summed E-state index contributed by atoms with van der Waals surface area (Å²) in [6.07, 6.45) is 1.71. The number of imidazole rings is 1. The molecule has 78 valence electrons. The second-order valence-corrected chi connectivity index (χ2v) is 3.37. The second kappa shape index (κ2) is 3.65. The molecule has 0 amide bonds. The van der Waals surface area contributed by atoms with Crippen molar-refractivity contribution in [3.05, 3.63) is 30.0 Å². The van der Waals surface area contributed by atoms with E-state index in [2.05, 4.69) is 9.97 Å². The summed E-state index contributed by atoms with van der Waals surface area (Å²) in [5, 5.41) is 0. The van der Waals surface area contributed by atoms with Crippen molar-refractivity contribution in [1.82, 2.24) is 9.97 Å². The van der Waals surface area contributed by atoms with Crippen LogP contribution in [-0.4, -0.2) is 17.1 Å². The minimum absolute atomic E-state index is 0.421. The second-order valence-electron chi connectivity index (χ2n) is 3.37. The number of nitrogens with zero attached hydrogens (tertiary/aromatic N) is 1. The smallest absolute Gasteiger partial charge is 0.197 e. The van der Waals surface area contributed by atoms with Crippen LogP contribution >= 0.6 is 0 Å². The Balaban J connectivity index is 2.45. The van der Waals surface area contributed by atoms with Gasteiger partial charge in [0.15, 0.2) is 5.95 Å². The molecule has 3 N–H and O–H groups in total. The molecule has 4 heteroatoms. The molecule has 4 nitrogen and oxygen atoms in total. The number of nitrogens with two attached hydrogens (primary N) is 1. The number of H-pyrrole nitrogens is 1. The Morgan fingerprint density at radius 1 is 1.40 bits per heavy atom. The molecule has 0 spiro atoms. The molecular formula is C11H13N3O. The summed E-state index contributed by atoms with van der Waals surface area (Å²) in [4.78, 5) is 6.93. The van der Waals surface area contributed by atoms with Gasteiger partial charge in [0.25, 0.3) is 0 Å². The van der Waals surface area contributed by atoms with Gasteiger partial charge in [0.2, 0.25) is 0 Å². The van der Waals surface area contributed by atoms with Gasteiger partial charge in [-0.3, -0.25) is 0 Å². The molecule has 0 aliphatic heterocycles. The predicted molar refractivity (Wildman–Crippen MR) is 59.7 cm³/mol. The Bertz CT molecular complexity index is 476. The Morgan fingerprint density at radius 2 is 2.20 bits per heavy atom. The summed E-state index contributed by atoms with van der Waals surface area (Å²) in [6, 6.07) is 5.97. The van der Waals surface area contributed by atoms with Crippen LogP contribution in [0.2, 0.25) is 0 Å². The van der Waals surface area contributed by atoms with E-state index in [1.807, 2.05) is 25.1 Å². The van der Waals surface area contributed by atoms with E-state index in [9.17, 15) is 0 Å². The van der Waals surface area contributed by atoms with Crippen molar-refractivity contribution in [1.29, 1.82) is 0 Å². The number of rotatable bonds is 2. The largest absolute Gasteiger partial charge is 0.496 e. The number of hydrogen-bond acceptors (Lipinski definition) is 3. The average molecular weight is 203 g/mol. The maximum Gasteiger partial charge on any atom is 0.197 e. The highest BCUT2D eigenvalue weighted by Gasteiger charge is 2.04. The van der Waals surface area contributed by atoms with Gasteiger partial charge in [-0.25, -0.2) is 4.98 Å². The molecule has 1 heterocycles. The highest BCUT2D eigenvalue weighted by atomic mass is 16.5. The maximum absolute atomic E-state index is 5.52. The van der Waals surface area contributed by atoms with Crippen LogP contribution in [0.4, 0.5) is 5.95 Å². The number of hydrogen-bond donors (Lipinski definition) is 2. The lowest BCUT2D eigenvalue weighted by Gasteiger charge is -2.06. The normalized spacial score (nSPS) is 10.3. The topological polar surface area (TPSA) is 63.9 Å². The molecule has 1 aromatic heterocycles. The van der Waals surface area contributed by atoms with E-state index in [1.54, 1.807) is 13.3 Å². The quantitative estimate of drug-likeness (QED) is 0.784. The molecule has 0 saturated heterocycles. The van der Waals surface area contributed by atoms with Crippen LogP contribution in [0.15, 0.2) is 24.4 Å². The van der Waals surface area contributed by atoms with E-state index in [4.69, 9.17) is 10.5 Å². The third-order valence-corrected chi connectivity index (χ3v) is 2.31. The van der Waals surface area contributed by atoms with Gasteiger partial charge >= 0.3 is 0 Å². The SMILES string of the molecule is COc1cc(-c2cnc(N)[nH]2)ccc1C. The molecule has 1 aromatic carbocycles. The number of aromatic nitrogens is 2. The first-order valence-electron chi connectivity index (χ1n) is 4.66. The van der Waals surface area contributed by atoms with Crippen LogP contribution in [0.1, 0.15) is 5.56 Å². The van der Waals surface area contributed by atoms with Gasteiger partial charge in [-0.05, 0) is 18.6 Å². The highest BCUT2D eigenvalue weighted by Crippen LogP contribution is 2.25. The molecule has 0 saturated carbocycles. The van der Waals surface area contributed by atoms with Crippen molar-refractivity contribution in [2.45, 2.75) is 6.92 Å². The average Bonchev–Trinajstić information content (AvgIpc) is 2.66. The maximum atomic E-state index is 5.52. The molecule has 0 unspecified atom stereocenters. The number of benzene rings is 1. The zero-order valence-electron chi connectivity index (χ0n) is 8.74. The molecule has 0 bridgehead atoms. The van der Waals surface area contributed by atoms with Crippen molar-refractivity contribution >= 4 is 5.95 Å². The van der Waals surface area contributed by atoms with Crippen molar-refractivity contribution in [3.8, 4) is 17.0 Å². The number of aryl methyl sites for hydroxylation is 1. The number of anilines is 1. The van der Waals surface area contributed by atoms with Crippen molar-refractivity contribution < 1.29 is 4.74 Å².